The lowest BCUT2D eigenvalue weighted by Gasteiger charge is -2.27. The van der Waals surface area contributed by atoms with Crippen LogP contribution >= 0.6 is 0 Å². The van der Waals surface area contributed by atoms with Gasteiger partial charge < -0.3 is 32.2 Å². The van der Waals surface area contributed by atoms with Crippen LogP contribution in [0.4, 0.5) is 4.79 Å². The third-order valence-corrected chi connectivity index (χ3v) is 7.55. The molecule has 0 saturated carbocycles. The highest BCUT2D eigenvalue weighted by Gasteiger charge is 2.29. The van der Waals surface area contributed by atoms with Crippen LogP contribution in [0.25, 0.3) is 6.08 Å². The number of carbonyl (C=O) groups is 4. The summed E-state index contributed by atoms with van der Waals surface area (Å²) in [5, 5.41) is 11.4. The van der Waals surface area contributed by atoms with E-state index in [-0.39, 0.29) is 49.9 Å². The topological polar surface area (TPSA) is 190 Å². The van der Waals surface area contributed by atoms with Crippen molar-refractivity contribution in [3.63, 3.8) is 0 Å². The fraction of sp³-hybridized carbons (Fsp3) is 0.342. The van der Waals surface area contributed by atoms with E-state index in [2.05, 4.69) is 26.3 Å². The normalized spacial score (nSPS) is 12.8. The molecule has 0 aromatic heterocycles. The number of amides is 4. The molecule has 0 heterocycles. The third kappa shape index (κ3) is 15.6. The number of aliphatic imine (C=N–C) groups is 1. The molecule has 3 atom stereocenters. The highest BCUT2D eigenvalue weighted by atomic mass is 16.5. The van der Waals surface area contributed by atoms with Crippen LogP contribution < -0.4 is 32.7 Å². The Hall–Kier alpha value is -5.49. The summed E-state index contributed by atoms with van der Waals surface area (Å²) in [6.45, 7) is 4.41. The molecule has 3 aromatic carbocycles. The van der Waals surface area contributed by atoms with Crippen LogP contribution in [-0.4, -0.2) is 61.0 Å². The lowest BCUT2D eigenvalue weighted by Crippen LogP contribution is -2.56. The van der Waals surface area contributed by atoms with Crippen LogP contribution in [0.2, 0.25) is 0 Å². The first-order chi connectivity index (χ1) is 24.1. The molecule has 0 saturated heterocycles. The molecule has 0 radical (unpaired) electrons. The smallest absolute Gasteiger partial charge is 0.408 e. The van der Waals surface area contributed by atoms with Crippen LogP contribution in [0, 0.1) is 5.92 Å². The Labute approximate surface area is 294 Å². The van der Waals surface area contributed by atoms with E-state index in [0.717, 1.165) is 16.7 Å². The number of guanidine groups is 1. The average Bonchev–Trinajstić information content (AvgIpc) is 3.10. The van der Waals surface area contributed by atoms with Crippen molar-refractivity contribution in [2.75, 3.05) is 13.1 Å². The summed E-state index contributed by atoms with van der Waals surface area (Å²) in [5.74, 6) is -1.51. The molecule has 3 rings (SSSR count). The molecule has 0 spiro atoms. The molecule has 8 N–H and O–H groups in total. The lowest BCUT2D eigenvalue weighted by molar-refractivity contribution is -0.133. The number of nitrogens with zero attached hydrogens (tertiary/aromatic N) is 1. The summed E-state index contributed by atoms with van der Waals surface area (Å²) in [4.78, 5) is 56.6. The van der Waals surface area contributed by atoms with Gasteiger partial charge in [0.1, 0.15) is 12.6 Å². The number of rotatable bonds is 19. The van der Waals surface area contributed by atoms with E-state index in [1.165, 1.54) is 6.08 Å². The SMILES string of the molecule is CC(C)C[C@H](N[C@H](CNC(=O)/C=C/c1ccccc1)Cc1ccccc1)C(=O)NC(=O)[C@H](CCCN=C(N)N)NC(=O)OCc1ccccc1. The van der Waals surface area contributed by atoms with Crippen molar-refractivity contribution in [3.8, 4) is 0 Å². The molecular weight excluding hydrogens is 634 g/mol. The number of imide groups is 1. The highest BCUT2D eigenvalue weighted by molar-refractivity contribution is 6.01. The van der Waals surface area contributed by atoms with Gasteiger partial charge in [-0.15, -0.1) is 0 Å². The quantitative estimate of drug-likeness (QED) is 0.0480. The van der Waals surface area contributed by atoms with Crippen molar-refractivity contribution in [2.24, 2.45) is 22.4 Å². The fourth-order valence-corrected chi connectivity index (χ4v) is 5.09. The predicted molar refractivity (Wildman–Crippen MR) is 195 cm³/mol. The molecular formula is C38H49N7O5. The van der Waals surface area contributed by atoms with Crippen LogP contribution in [0.5, 0.6) is 0 Å². The van der Waals surface area contributed by atoms with Gasteiger partial charge in [0.15, 0.2) is 5.96 Å². The van der Waals surface area contributed by atoms with E-state index in [9.17, 15) is 19.2 Å². The number of ether oxygens (including phenoxy) is 1. The maximum Gasteiger partial charge on any atom is 0.408 e. The Kier molecular flexibility index (Phi) is 16.7. The second-order valence-corrected chi connectivity index (χ2v) is 12.3. The first kappa shape index (κ1) is 39.0. The summed E-state index contributed by atoms with van der Waals surface area (Å²) in [6, 6.07) is 26.1. The zero-order valence-corrected chi connectivity index (χ0v) is 28.7. The van der Waals surface area contributed by atoms with E-state index < -0.39 is 30.0 Å². The molecule has 12 nitrogen and oxygen atoms in total. The predicted octanol–water partition coefficient (Wildman–Crippen LogP) is 3.42. The Morgan fingerprint density at radius 1 is 0.820 bits per heavy atom. The van der Waals surface area contributed by atoms with Crippen LogP contribution in [0.1, 0.15) is 49.8 Å². The Bertz CT molecular complexity index is 1550. The van der Waals surface area contributed by atoms with Gasteiger partial charge in [-0.1, -0.05) is 105 Å². The first-order valence-electron chi connectivity index (χ1n) is 16.8. The zero-order valence-electron chi connectivity index (χ0n) is 28.7. The van der Waals surface area contributed by atoms with Gasteiger partial charge in [0.2, 0.25) is 17.7 Å². The highest BCUT2D eigenvalue weighted by Crippen LogP contribution is 2.11. The molecule has 3 aromatic rings. The number of nitrogens with one attached hydrogen (secondary N) is 4. The molecule has 0 fully saturated rings. The van der Waals surface area contributed by atoms with Crippen molar-refractivity contribution < 1.29 is 23.9 Å². The molecule has 0 bridgehead atoms. The van der Waals surface area contributed by atoms with E-state index in [4.69, 9.17) is 16.2 Å². The maximum absolute atomic E-state index is 13.7. The van der Waals surface area contributed by atoms with Gasteiger partial charge in [0.05, 0.1) is 6.04 Å². The van der Waals surface area contributed by atoms with Crippen LogP contribution in [0.3, 0.4) is 0 Å². The van der Waals surface area contributed by atoms with Crippen molar-refractivity contribution in [1.29, 1.82) is 0 Å². The number of hydrogen-bond acceptors (Lipinski definition) is 7. The minimum atomic E-state index is -1.09. The molecule has 12 heteroatoms. The average molecular weight is 684 g/mol. The number of hydrogen-bond donors (Lipinski definition) is 6. The third-order valence-electron chi connectivity index (χ3n) is 7.55. The van der Waals surface area contributed by atoms with E-state index in [0.29, 0.717) is 19.3 Å². The molecule has 0 aliphatic carbocycles. The zero-order chi connectivity index (χ0) is 36.1. The minimum Gasteiger partial charge on any atom is -0.445 e. The van der Waals surface area contributed by atoms with Gasteiger partial charge in [-0.2, -0.15) is 0 Å². The van der Waals surface area contributed by atoms with E-state index in [1.54, 1.807) is 6.08 Å². The standard InChI is InChI=1S/C38H49N7O5/c1-27(2)23-33(43-31(24-29-15-8-4-9-16-29)25-42-34(46)21-20-28-13-6-3-7-14-28)36(48)45-35(47)32(19-12-22-41-37(39)40)44-38(49)50-26-30-17-10-5-11-18-30/h3-11,13-18,20-21,27,31-33,43H,12,19,22-26H2,1-2H3,(H,42,46)(H,44,49)(H4,39,40,41)(H,45,47,48)/b21-20+/t31-,32-,33-/m0/s1. The van der Waals surface area contributed by atoms with E-state index >= 15 is 0 Å². The van der Waals surface area contributed by atoms with Crippen molar-refractivity contribution in [2.45, 2.75) is 64.3 Å². The number of alkyl carbamates (subject to hydrolysis) is 1. The van der Waals surface area contributed by atoms with Gasteiger partial charge >= 0.3 is 6.09 Å². The summed E-state index contributed by atoms with van der Waals surface area (Å²) in [6.07, 6.45) is 3.83. The summed E-state index contributed by atoms with van der Waals surface area (Å²) >= 11 is 0. The lowest BCUT2D eigenvalue weighted by atomic mass is 9.99. The van der Waals surface area contributed by atoms with Crippen molar-refractivity contribution in [1.82, 2.24) is 21.3 Å². The maximum atomic E-state index is 13.7. The van der Waals surface area contributed by atoms with Gasteiger partial charge in [0.25, 0.3) is 0 Å². The van der Waals surface area contributed by atoms with Crippen molar-refractivity contribution in [3.05, 3.63) is 114 Å². The van der Waals surface area contributed by atoms with Crippen LogP contribution in [-0.2, 0) is 32.1 Å². The Balaban J connectivity index is 1.70. The molecule has 0 unspecified atom stereocenters. The number of benzene rings is 3. The fourth-order valence-electron chi connectivity index (χ4n) is 5.09. The molecule has 4 amide bonds. The summed E-state index contributed by atoms with van der Waals surface area (Å²) < 4.78 is 5.32. The minimum absolute atomic E-state index is 0.00964. The number of nitrogens with two attached hydrogens (primary N) is 2. The van der Waals surface area contributed by atoms with Crippen molar-refractivity contribution >= 4 is 35.9 Å². The van der Waals surface area contributed by atoms with Crippen LogP contribution in [0.15, 0.2) is 102 Å². The first-order valence-corrected chi connectivity index (χ1v) is 16.8. The monoisotopic (exact) mass is 683 g/mol. The van der Waals surface area contributed by atoms with E-state index in [1.807, 2.05) is 105 Å². The summed E-state index contributed by atoms with van der Waals surface area (Å²) in [5.41, 5.74) is 13.5. The number of carbonyl (C=O) groups excluding carboxylic acids is 4. The molecule has 266 valence electrons. The van der Waals surface area contributed by atoms with Gasteiger partial charge in [-0.05, 0) is 54.4 Å². The van der Waals surface area contributed by atoms with Gasteiger partial charge in [-0.25, -0.2) is 4.79 Å². The van der Waals surface area contributed by atoms with Gasteiger partial charge in [0, 0.05) is 25.2 Å². The largest absolute Gasteiger partial charge is 0.445 e. The Morgan fingerprint density at radius 3 is 2.04 bits per heavy atom. The summed E-state index contributed by atoms with van der Waals surface area (Å²) in [7, 11) is 0. The second-order valence-electron chi connectivity index (χ2n) is 12.3. The molecule has 0 aliphatic heterocycles. The molecule has 0 aliphatic rings. The van der Waals surface area contributed by atoms with Gasteiger partial charge in [-0.3, -0.25) is 24.7 Å². The second kappa shape index (κ2) is 21.5. The molecule has 50 heavy (non-hydrogen) atoms. The Morgan fingerprint density at radius 2 is 1.42 bits per heavy atom.